The smallest absolute Gasteiger partial charge is 0.0716 e. The molecule has 4 heteroatoms. The minimum absolute atomic E-state index is 0.700. The first-order valence-electron chi connectivity index (χ1n) is 23.5. The third kappa shape index (κ3) is 26.2. The van der Waals surface area contributed by atoms with E-state index in [1.54, 1.807) is 0 Å². The van der Waals surface area contributed by atoms with Crippen LogP contribution in [0.1, 0.15) is 193 Å². The number of ether oxygens (including phenoxy) is 2. The van der Waals surface area contributed by atoms with E-state index in [1.165, 1.54) is 203 Å². The van der Waals surface area contributed by atoms with Gasteiger partial charge in [-0.15, -0.1) is 0 Å². The van der Waals surface area contributed by atoms with E-state index in [1.807, 2.05) is 0 Å². The van der Waals surface area contributed by atoms with Crippen LogP contribution < -0.4 is 0 Å². The van der Waals surface area contributed by atoms with E-state index in [-0.39, 0.29) is 0 Å². The molecule has 0 saturated heterocycles. The van der Waals surface area contributed by atoms with Crippen LogP contribution in [0.2, 0.25) is 0 Å². The number of hydrogen-bond acceptors (Lipinski definition) is 4. The first kappa shape index (κ1) is 48.4. The summed E-state index contributed by atoms with van der Waals surface area (Å²) in [4.78, 5) is 5.47. The Labute approximate surface area is 336 Å². The molecule has 0 heterocycles. The third-order valence-electron chi connectivity index (χ3n) is 11.1. The van der Waals surface area contributed by atoms with Gasteiger partial charge in [0.1, 0.15) is 0 Å². The van der Waals surface area contributed by atoms with Crippen LogP contribution in [0.5, 0.6) is 0 Å². The van der Waals surface area contributed by atoms with E-state index in [0.29, 0.717) is 13.2 Å². The van der Waals surface area contributed by atoms with E-state index >= 15 is 0 Å². The molecule has 4 nitrogen and oxygen atoms in total. The first-order chi connectivity index (χ1) is 26.7. The summed E-state index contributed by atoms with van der Waals surface area (Å²) in [5.74, 6) is 0. The Kier molecular flexibility index (Phi) is 32.0. The van der Waals surface area contributed by atoms with E-state index in [9.17, 15) is 0 Å². The highest BCUT2D eigenvalue weighted by atomic mass is 16.5. The number of nitrogens with zero attached hydrogens (tertiary/aromatic N) is 2. The van der Waals surface area contributed by atoms with Crippen molar-refractivity contribution in [2.75, 3.05) is 52.5 Å². The van der Waals surface area contributed by atoms with E-state index in [4.69, 9.17) is 9.47 Å². The van der Waals surface area contributed by atoms with Crippen LogP contribution in [0.15, 0.2) is 48.5 Å². The lowest BCUT2D eigenvalue weighted by Crippen LogP contribution is -2.27. The highest BCUT2D eigenvalue weighted by molar-refractivity contribution is 5.63. The van der Waals surface area contributed by atoms with Crippen molar-refractivity contribution in [3.63, 3.8) is 0 Å². The van der Waals surface area contributed by atoms with Gasteiger partial charge in [0.05, 0.1) is 13.2 Å². The fourth-order valence-corrected chi connectivity index (χ4v) is 7.47. The molecule has 54 heavy (non-hydrogen) atoms. The van der Waals surface area contributed by atoms with Crippen LogP contribution in [0, 0.1) is 0 Å². The van der Waals surface area contributed by atoms with Gasteiger partial charge < -0.3 is 19.3 Å². The van der Waals surface area contributed by atoms with Crippen LogP contribution in [0.4, 0.5) is 0 Å². The lowest BCUT2D eigenvalue weighted by atomic mass is 10.0. The molecule has 0 saturated carbocycles. The van der Waals surface area contributed by atoms with Gasteiger partial charge in [-0.05, 0) is 113 Å². The molecule has 0 aliphatic heterocycles. The molecule has 0 N–H and O–H groups in total. The van der Waals surface area contributed by atoms with E-state index in [0.717, 1.165) is 26.1 Å². The highest BCUT2D eigenvalue weighted by Crippen LogP contribution is 2.21. The number of hydrogen-bond donors (Lipinski definition) is 0. The normalized spacial score (nSPS) is 11.7. The Balaban J connectivity index is 1.61. The van der Waals surface area contributed by atoms with Gasteiger partial charge in [-0.2, -0.15) is 0 Å². The van der Waals surface area contributed by atoms with Gasteiger partial charge in [-0.3, -0.25) is 0 Å². The molecule has 0 amide bonds. The standard InChI is InChI=1S/C50H88N2O2/c1-5-9-13-17-19-23-39-51(37-21-15-11-7-3)41-25-27-43-53-45-47-29-33-49(34-30-47)50-35-31-48(32-36-50)46-54-44-28-26-42-52(38-22-16-12-8-4)40-24-20-18-14-10-6-2/h29-36H,5-28,37-46H2,1-4H3. The maximum absolute atomic E-state index is 6.10. The van der Waals surface area contributed by atoms with Crippen molar-refractivity contribution in [1.29, 1.82) is 0 Å². The van der Waals surface area contributed by atoms with Crippen molar-refractivity contribution in [2.45, 2.75) is 195 Å². The molecule has 2 aromatic rings. The monoisotopic (exact) mass is 749 g/mol. The molecule has 0 spiro atoms. The third-order valence-corrected chi connectivity index (χ3v) is 11.1. The van der Waals surface area contributed by atoms with Crippen LogP contribution >= 0.6 is 0 Å². The van der Waals surface area contributed by atoms with Crippen LogP contribution in [-0.4, -0.2) is 62.3 Å². The summed E-state index contributed by atoms with van der Waals surface area (Å²) in [6.45, 7) is 19.9. The molecular weight excluding hydrogens is 661 g/mol. The Bertz CT molecular complexity index is 970. The molecule has 2 aromatic carbocycles. The summed E-state index contributed by atoms with van der Waals surface area (Å²) in [6, 6.07) is 17.9. The van der Waals surface area contributed by atoms with Crippen molar-refractivity contribution in [3.8, 4) is 11.1 Å². The lowest BCUT2D eigenvalue weighted by Gasteiger charge is -2.22. The average Bonchev–Trinajstić information content (AvgIpc) is 3.20. The minimum atomic E-state index is 0.700. The topological polar surface area (TPSA) is 24.9 Å². The van der Waals surface area contributed by atoms with Crippen LogP contribution in [-0.2, 0) is 22.7 Å². The van der Waals surface area contributed by atoms with Crippen molar-refractivity contribution >= 4 is 0 Å². The molecule has 0 atom stereocenters. The molecular formula is C50H88N2O2. The fourth-order valence-electron chi connectivity index (χ4n) is 7.47. The summed E-state index contributed by atoms with van der Waals surface area (Å²) >= 11 is 0. The van der Waals surface area contributed by atoms with Gasteiger partial charge in [-0.25, -0.2) is 0 Å². The van der Waals surface area contributed by atoms with Gasteiger partial charge in [0.15, 0.2) is 0 Å². The van der Waals surface area contributed by atoms with Crippen LogP contribution in [0.25, 0.3) is 11.1 Å². The zero-order valence-electron chi connectivity index (χ0n) is 36.4. The second kappa shape index (κ2) is 35.7. The van der Waals surface area contributed by atoms with Gasteiger partial charge in [0.2, 0.25) is 0 Å². The largest absolute Gasteiger partial charge is 0.377 e. The highest BCUT2D eigenvalue weighted by Gasteiger charge is 2.07. The Morgan fingerprint density at radius 1 is 0.315 bits per heavy atom. The summed E-state index contributed by atoms with van der Waals surface area (Å²) in [5.41, 5.74) is 5.03. The second-order valence-corrected chi connectivity index (χ2v) is 16.3. The molecule has 0 aliphatic carbocycles. The van der Waals surface area contributed by atoms with E-state index < -0.39 is 0 Å². The minimum Gasteiger partial charge on any atom is -0.377 e. The predicted octanol–water partition coefficient (Wildman–Crippen LogP) is 14.4. The van der Waals surface area contributed by atoms with Crippen molar-refractivity contribution in [3.05, 3.63) is 59.7 Å². The molecule has 0 bridgehead atoms. The molecule has 0 radical (unpaired) electrons. The van der Waals surface area contributed by atoms with Gasteiger partial charge in [0.25, 0.3) is 0 Å². The van der Waals surface area contributed by atoms with Crippen LogP contribution in [0.3, 0.4) is 0 Å². The molecule has 0 aliphatic rings. The fraction of sp³-hybridized carbons (Fsp3) is 0.760. The van der Waals surface area contributed by atoms with Gasteiger partial charge in [-0.1, -0.05) is 179 Å². The van der Waals surface area contributed by atoms with E-state index in [2.05, 4.69) is 86.0 Å². The van der Waals surface area contributed by atoms with Crippen molar-refractivity contribution < 1.29 is 9.47 Å². The van der Waals surface area contributed by atoms with Crippen molar-refractivity contribution in [2.24, 2.45) is 0 Å². The predicted molar refractivity (Wildman–Crippen MR) is 238 cm³/mol. The Morgan fingerprint density at radius 2 is 0.574 bits per heavy atom. The quantitative estimate of drug-likeness (QED) is 0.0636. The molecule has 0 aromatic heterocycles. The molecule has 310 valence electrons. The zero-order chi connectivity index (χ0) is 38.6. The molecule has 2 rings (SSSR count). The first-order valence-corrected chi connectivity index (χ1v) is 23.5. The Hall–Kier alpha value is -1.72. The van der Waals surface area contributed by atoms with Gasteiger partial charge in [0, 0.05) is 13.2 Å². The summed E-state index contributed by atoms with van der Waals surface area (Å²) in [7, 11) is 0. The van der Waals surface area contributed by atoms with Crippen molar-refractivity contribution in [1.82, 2.24) is 9.80 Å². The zero-order valence-corrected chi connectivity index (χ0v) is 36.4. The summed E-state index contributed by atoms with van der Waals surface area (Å²) < 4.78 is 12.2. The second-order valence-electron chi connectivity index (χ2n) is 16.3. The molecule has 0 unspecified atom stereocenters. The Morgan fingerprint density at radius 3 is 0.889 bits per heavy atom. The molecule has 0 fully saturated rings. The summed E-state index contributed by atoms with van der Waals surface area (Å²) in [6.07, 6.45) is 32.2. The maximum atomic E-state index is 6.10. The SMILES string of the molecule is CCCCCCCCN(CCCCCC)CCCCOCc1ccc(-c2ccc(COCCCCN(CCCCCC)CCCCCCCC)cc2)cc1. The number of rotatable bonds is 39. The summed E-state index contributed by atoms with van der Waals surface area (Å²) in [5, 5.41) is 0. The average molecular weight is 749 g/mol. The number of benzene rings is 2. The van der Waals surface area contributed by atoms with Gasteiger partial charge >= 0.3 is 0 Å². The lowest BCUT2D eigenvalue weighted by molar-refractivity contribution is 0.114. The maximum Gasteiger partial charge on any atom is 0.0716 e. The number of unbranched alkanes of at least 4 members (excludes halogenated alkanes) is 18.